The minimum absolute atomic E-state index is 0.441. The first-order valence-electron chi connectivity index (χ1n) is 6.13. The number of benzene rings is 1. The fourth-order valence-electron chi connectivity index (χ4n) is 1.85. The molecule has 0 saturated heterocycles. The van der Waals surface area contributed by atoms with Crippen LogP contribution in [0.4, 0.5) is 5.82 Å². The Morgan fingerprint density at radius 2 is 1.89 bits per heavy atom. The van der Waals surface area contributed by atoms with Crippen molar-refractivity contribution in [3.05, 3.63) is 52.2 Å². The standard InChI is InChI=1S/C15H17ClN2O/c1-10-7-13(8-11(2)15(10)16)19-9-12-5-4-6-14(17-3)18-12/h4-8H,9H2,1-3H3,(H,17,18). The Kier molecular flexibility index (Phi) is 4.27. The summed E-state index contributed by atoms with van der Waals surface area (Å²) in [5.74, 6) is 1.65. The monoisotopic (exact) mass is 276 g/mol. The van der Waals surface area contributed by atoms with Gasteiger partial charge in [-0.15, -0.1) is 0 Å². The third-order valence-corrected chi connectivity index (χ3v) is 3.46. The normalized spacial score (nSPS) is 10.3. The first-order valence-corrected chi connectivity index (χ1v) is 6.51. The van der Waals surface area contributed by atoms with Crippen LogP contribution in [0.1, 0.15) is 16.8 Å². The van der Waals surface area contributed by atoms with Crippen molar-refractivity contribution in [3.8, 4) is 5.75 Å². The van der Waals surface area contributed by atoms with Gasteiger partial charge in [0.05, 0.1) is 5.69 Å². The molecule has 2 aromatic rings. The van der Waals surface area contributed by atoms with E-state index in [-0.39, 0.29) is 0 Å². The molecule has 0 spiro atoms. The van der Waals surface area contributed by atoms with Crippen LogP contribution in [-0.4, -0.2) is 12.0 Å². The van der Waals surface area contributed by atoms with Crippen molar-refractivity contribution in [1.29, 1.82) is 0 Å². The molecule has 0 fully saturated rings. The van der Waals surface area contributed by atoms with Crippen LogP contribution in [0, 0.1) is 13.8 Å². The third-order valence-electron chi connectivity index (χ3n) is 2.86. The van der Waals surface area contributed by atoms with E-state index in [1.54, 1.807) is 0 Å². The number of nitrogens with zero attached hydrogens (tertiary/aromatic N) is 1. The van der Waals surface area contributed by atoms with Gasteiger partial charge in [-0.25, -0.2) is 4.98 Å². The molecular formula is C15H17ClN2O. The van der Waals surface area contributed by atoms with Crippen molar-refractivity contribution in [2.24, 2.45) is 0 Å². The number of nitrogens with one attached hydrogen (secondary N) is 1. The molecule has 0 amide bonds. The van der Waals surface area contributed by atoms with Gasteiger partial charge in [-0.05, 0) is 49.2 Å². The van der Waals surface area contributed by atoms with Gasteiger partial charge in [-0.3, -0.25) is 0 Å². The zero-order valence-electron chi connectivity index (χ0n) is 11.3. The second-order valence-corrected chi connectivity index (χ2v) is 4.80. The van der Waals surface area contributed by atoms with Gasteiger partial charge in [0, 0.05) is 12.1 Å². The molecule has 1 aromatic carbocycles. The van der Waals surface area contributed by atoms with E-state index < -0.39 is 0 Å². The summed E-state index contributed by atoms with van der Waals surface area (Å²) in [6.45, 7) is 4.39. The highest BCUT2D eigenvalue weighted by molar-refractivity contribution is 6.32. The molecule has 0 radical (unpaired) electrons. The molecule has 1 aromatic heterocycles. The maximum absolute atomic E-state index is 6.13. The number of hydrogen-bond donors (Lipinski definition) is 1. The van der Waals surface area contributed by atoms with Gasteiger partial charge in [0.25, 0.3) is 0 Å². The van der Waals surface area contributed by atoms with E-state index in [0.717, 1.165) is 33.4 Å². The Hall–Kier alpha value is -1.74. The highest BCUT2D eigenvalue weighted by Gasteiger charge is 2.04. The van der Waals surface area contributed by atoms with E-state index >= 15 is 0 Å². The van der Waals surface area contributed by atoms with Crippen LogP contribution in [-0.2, 0) is 6.61 Å². The number of rotatable bonds is 4. The molecule has 0 unspecified atom stereocenters. The lowest BCUT2D eigenvalue weighted by molar-refractivity contribution is 0.301. The predicted molar refractivity (Wildman–Crippen MR) is 79.0 cm³/mol. The summed E-state index contributed by atoms with van der Waals surface area (Å²) in [5, 5.41) is 3.80. The maximum atomic E-state index is 6.13. The number of ether oxygens (including phenoxy) is 1. The maximum Gasteiger partial charge on any atom is 0.130 e. The number of anilines is 1. The molecule has 0 aliphatic rings. The van der Waals surface area contributed by atoms with Crippen molar-refractivity contribution in [1.82, 2.24) is 4.98 Å². The molecule has 0 atom stereocenters. The van der Waals surface area contributed by atoms with Gasteiger partial charge in [-0.1, -0.05) is 17.7 Å². The molecule has 3 nitrogen and oxygen atoms in total. The van der Waals surface area contributed by atoms with Crippen LogP contribution in [0.5, 0.6) is 5.75 Å². The predicted octanol–water partition coefficient (Wildman–Crippen LogP) is 3.97. The van der Waals surface area contributed by atoms with Gasteiger partial charge in [0.15, 0.2) is 0 Å². The zero-order valence-corrected chi connectivity index (χ0v) is 12.1. The Morgan fingerprint density at radius 1 is 1.21 bits per heavy atom. The minimum atomic E-state index is 0.441. The Morgan fingerprint density at radius 3 is 2.53 bits per heavy atom. The molecule has 100 valence electrons. The lowest BCUT2D eigenvalue weighted by Gasteiger charge is -2.10. The van der Waals surface area contributed by atoms with E-state index in [1.807, 2.05) is 51.2 Å². The number of aryl methyl sites for hydroxylation is 2. The third kappa shape index (κ3) is 3.38. The highest BCUT2D eigenvalue weighted by atomic mass is 35.5. The van der Waals surface area contributed by atoms with Crippen molar-refractivity contribution in [2.75, 3.05) is 12.4 Å². The fraction of sp³-hybridized carbons (Fsp3) is 0.267. The molecule has 1 N–H and O–H groups in total. The minimum Gasteiger partial charge on any atom is -0.487 e. The molecule has 2 rings (SSSR count). The van der Waals surface area contributed by atoms with Gasteiger partial charge in [-0.2, -0.15) is 0 Å². The summed E-state index contributed by atoms with van der Waals surface area (Å²) in [7, 11) is 1.85. The molecule has 1 heterocycles. The van der Waals surface area contributed by atoms with Gasteiger partial charge < -0.3 is 10.1 Å². The first-order chi connectivity index (χ1) is 9.10. The lowest BCUT2D eigenvalue weighted by atomic mass is 10.1. The quantitative estimate of drug-likeness (QED) is 0.917. The van der Waals surface area contributed by atoms with E-state index in [4.69, 9.17) is 16.3 Å². The number of aromatic nitrogens is 1. The van der Waals surface area contributed by atoms with E-state index in [0.29, 0.717) is 6.61 Å². The first kappa shape index (κ1) is 13.7. The summed E-state index contributed by atoms with van der Waals surface area (Å²) in [5.41, 5.74) is 2.93. The average molecular weight is 277 g/mol. The van der Waals surface area contributed by atoms with Crippen LogP contribution in [0.25, 0.3) is 0 Å². The smallest absolute Gasteiger partial charge is 0.130 e. The number of pyridine rings is 1. The summed E-state index contributed by atoms with van der Waals surface area (Å²) in [4.78, 5) is 4.41. The molecular weight excluding hydrogens is 260 g/mol. The van der Waals surface area contributed by atoms with Gasteiger partial charge in [0.1, 0.15) is 18.2 Å². The number of halogens is 1. The van der Waals surface area contributed by atoms with E-state index in [9.17, 15) is 0 Å². The largest absolute Gasteiger partial charge is 0.487 e. The number of hydrogen-bond acceptors (Lipinski definition) is 3. The Bertz CT molecular complexity index is 561. The Labute approximate surface area is 118 Å². The van der Waals surface area contributed by atoms with E-state index in [1.165, 1.54) is 0 Å². The van der Waals surface area contributed by atoms with Gasteiger partial charge >= 0.3 is 0 Å². The van der Waals surface area contributed by atoms with Crippen molar-refractivity contribution >= 4 is 17.4 Å². The second kappa shape index (κ2) is 5.93. The molecule has 0 bridgehead atoms. The zero-order chi connectivity index (χ0) is 13.8. The van der Waals surface area contributed by atoms with Crippen LogP contribution < -0.4 is 10.1 Å². The van der Waals surface area contributed by atoms with Crippen molar-refractivity contribution in [2.45, 2.75) is 20.5 Å². The molecule has 0 aliphatic carbocycles. The highest BCUT2D eigenvalue weighted by Crippen LogP contribution is 2.26. The van der Waals surface area contributed by atoms with Crippen LogP contribution in [0.2, 0.25) is 5.02 Å². The fourth-order valence-corrected chi connectivity index (χ4v) is 1.96. The summed E-state index contributed by atoms with van der Waals surface area (Å²) < 4.78 is 5.76. The summed E-state index contributed by atoms with van der Waals surface area (Å²) in [6, 6.07) is 9.70. The summed E-state index contributed by atoms with van der Waals surface area (Å²) >= 11 is 6.13. The lowest BCUT2D eigenvalue weighted by Crippen LogP contribution is -2.01. The molecule has 19 heavy (non-hydrogen) atoms. The van der Waals surface area contributed by atoms with Crippen molar-refractivity contribution in [3.63, 3.8) is 0 Å². The van der Waals surface area contributed by atoms with Crippen molar-refractivity contribution < 1.29 is 4.74 Å². The van der Waals surface area contributed by atoms with E-state index in [2.05, 4.69) is 10.3 Å². The second-order valence-electron chi connectivity index (χ2n) is 4.42. The Balaban J connectivity index is 2.10. The van der Waals surface area contributed by atoms with Crippen LogP contribution in [0.15, 0.2) is 30.3 Å². The van der Waals surface area contributed by atoms with Crippen LogP contribution in [0.3, 0.4) is 0 Å². The average Bonchev–Trinajstić information content (AvgIpc) is 2.42. The SMILES string of the molecule is CNc1cccc(COc2cc(C)c(Cl)c(C)c2)n1. The topological polar surface area (TPSA) is 34.1 Å². The molecule has 0 aliphatic heterocycles. The van der Waals surface area contributed by atoms with Crippen LogP contribution >= 0.6 is 11.6 Å². The molecule has 0 saturated carbocycles. The summed E-state index contributed by atoms with van der Waals surface area (Å²) in [6.07, 6.45) is 0. The molecule has 4 heteroatoms. The van der Waals surface area contributed by atoms with Gasteiger partial charge in [0.2, 0.25) is 0 Å².